The molecule has 2 N–H and O–H groups in total. The SMILES string of the molecule is COc1ccccc1-c1nc(C(=O)NCCC(O)C(C)C)cs1. The molecule has 1 atom stereocenters. The van der Waals surface area contributed by atoms with Crippen molar-refractivity contribution < 1.29 is 14.6 Å². The summed E-state index contributed by atoms with van der Waals surface area (Å²) in [6.45, 7) is 4.33. The van der Waals surface area contributed by atoms with Gasteiger partial charge in [-0.25, -0.2) is 4.98 Å². The minimum Gasteiger partial charge on any atom is -0.496 e. The van der Waals surface area contributed by atoms with Gasteiger partial charge >= 0.3 is 0 Å². The summed E-state index contributed by atoms with van der Waals surface area (Å²) in [7, 11) is 1.61. The van der Waals surface area contributed by atoms with E-state index in [1.165, 1.54) is 11.3 Å². The van der Waals surface area contributed by atoms with E-state index in [1.54, 1.807) is 12.5 Å². The summed E-state index contributed by atoms with van der Waals surface area (Å²) < 4.78 is 5.32. The Balaban J connectivity index is 2.00. The number of nitrogens with one attached hydrogen (secondary N) is 1. The smallest absolute Gasteiger partial charge is 0.270 e. The van der Waals surface area contributed by atoms with E-state index in [2.05, 4.69) is 10.3 Å². The lowest BCUT2D eigenvalue weighted by molar-refractivity contribution is 0.0916. The summed E-state index contributed by atoms with van der Waals surface area (Å²) in [5.74, 6) is 0.690. The molecule has 5 nitrogen and oxygen atoms in total. The zero-order valence-electron chi connectivity index (χ0n) is 13.6. The molecule has 1 amide bonds. The number of hydrogen-bond acceptors (Lipinski definition) is 5. The molecule has 0 spiro atoms. The lowest BCUT2D eigenvalue weighted by Gasteiger charge is -2.14. The topological polar surface area (TPSA) is 71.5 Å². The Morgan fingerprint density at radius 3 is 2.83 bits per heavy atom. The van der Waals surface area contributed by atoms with Crippen molar-refractivity contribution in [1.82, 2.24) is 10.3 Å². The van der Waals surface area contributed by atoms with E-state index in [1.807, 2.05) is 38.1 Å². The van der Waals surface area contributed by atoms with E-state index >= 15 is 0 Å². The number of aromatic nitrogens is 1. The van der Waals surface area contributed by atoms with Gasteiger partial charge in [0.25, 0.3) is 5.91 Å². The third kappa shape index (κ3) is 4.53. The van der Waals surface area contributed by atoms with Gasteiger partial charge in [-0.3, -0.25) is 4.79 Å². The number of para-hydroxylation sites is 1. The summed E-state index contributed by atoms with van der Waals surface area (Å²) in [5.41, 5.74) is 1.25. The van der Waals surface area contributed by atoms with Crippen LogP contribution >= 0.6 is 11.3 Å². The zero-order chi connectivity index (χ0) is 16.8. The van der Waals surface area contributed by atoms with Crippen molar-refractivity contribution in [1.29, 1.82) is 0 Å². The number of carbonyl (C=O) groups excluding carboxylic acids is 1. The highest BCUT2D eigenvalue weighted by Gasteiger charge is 2.15. The standard InChI is InChI=1S/C17H22N2O3S/c1-11(2)14(20)8-9-18-16(21)13-10-23-17(19-13)12-6-4-5-7-15(12)22-3/h4-7,10-11,14,20H,8-9H2,1-3H3,(H,18,21). The highest BCUT2D eigenvalue weighted by atomic mass is 32.1. The van der Waals surface area contributed by atoms with Crippen molar-refractivity contribution in [2.24, 2.45) is 5.92 Å². The number of thiazole rings is 1. The monoisotopic (exact) mass is 334 g/mol. The lowest BCUT2D eigenvalue weighted by Crippen LogP contribution is -2.28. The Morgan fingerprint density at radius 1 is 1.39 bits per heavy atom. The average Bonchev–Trinajstić information content (AvgIpc) is 3.04. The molecule has 0 bridgehead atoms. The highest BCUT2D eigenvalue weighted by molar-refractivity contribution is 7.13. The molecule has 1 heterocycles. The van der Waals surface area contributed by atoms with Crippen molar-refractivity contribution in [2.75, 3.05) is 13.7 Å². The normalized spacial score (nSPS) is 12.2. The zero-order valence-corrected chi connectivity index (χ0v) is 14.4. The van der Waals surface area contributed by atoms with Crippen molar-refractivity contribution in [3.63, 3.8) is 0 Å². The maximum atomic E-state index is 12.1. The Morgan fingerprint density at radius 2 is 2.13 bits per heavy atom. The van der Waals surface area contributed by atoms with Crippen LogP contribution in [0.5, 0.6) is 5.75 Å². The van der Waals surface area contributed by atoms with Gasteiger partial charge in [-0.05, 0) is 24.5 Å². The minimum atomic E-state index is -0.408. The van der Waals surface area contributed by atoms with Crippen molar-refractivity contribution in [2.45, 2.75) is 26.4 Å². The maximum Gasteiger partial charge on any atom is 0.270 e. The lowest BCUT2D eigenvalue weighted by atomic mass is 10.0. The molecule has 23 heavy (non-hydrogen) atoms. The van der Waals surface area contributed by atoms with Crippen LogP contribution in [0.3, 0.4) is 0 Å². The molecule has 1 aromatic carbocycles. The molecule has 1 unspecified atom stereocenters. The van der Waals surface area contributed by atoms with Gasteiger partial charge < -0.3 is 15.2 Å². The van der Waals surface area contributed by atoms with E-state index in [0.717, 1.165) is 16.3 Å². The van der Waals surface area contributed by atoms with Gasteiger partial charge in [0.1, 0.15) is 16.5 Å². The number of carbonyl (C=O) groups is 1. The van der Waals surface area contributed by atoms with Gasteiger partial charge in [-0.1, -0.05) is 26.0 Å². The first kappa shape index (κ1) is 17.4. The van der Waals surface area contributed by atoms with Crippen molar-refractivity contribution in [3.05, 3.63) is 35.3 Å². The molecule has 6 heteroatoms. The molecule has 0 saturated carbocycles. The van der Waals surface area contributed by atoms with E-state index in [9.17, 15) is 9.90 Å². The second-order valence-electron chi connectivity index (χ2n) is 5.59. The Kier molecular flexibility index (Phi) is 6.12. The number of aliphatic hydroxyl groups is 1. The third-order valence-electron chi connectivity index (χ3n) is 3.57. The number of nitrogens with zero attached hydrogens (tertiary/aromatic N) is 1. The molecule has 0 radical (unpaired) electrons. The first-order valence-corrected chi connectivity index (χ1v) is 8.46. The molecule has 0 aliphatic rings. The molecule has 1 aromatic heterocycles. The van der Waals surface area contributed by atoms with E-state index < -0.39 is 6.10 Å². The fourth-order valence-electron chi connectivity index (χ4n) is 2.08. The number of amides is 1. The summed E-state index contributed by atoms with van der Waals surface area (Å²) in [6.07, 6.45) is 0.127. The van der Waals surface area contributed by atoms with Crippen LogP contribution in [0.2, 0.25) is 0 Å². The molecule has 0 aliphatic heterocycles. The molecule has 124 valence electrons. The molecule has 2 aromatic rings. The van der Waals surface area contributed by atoms with Gasteiger partial charge in [0.2, 0.25) is 0 Å². The highest BCUT2D eigenvalue weighted by Crippen LogP contribution is 2.31. The van der Waals surface area contributed by atoms with Crippen LogP contribution in [0.15, 0.2) is 29.6 Å². The molecule has 2 rings (SSSR count). The van der Waals surface area contributed by atoms with Crippen LogP contribution in [-0.4, -0.2) is 35.8 Å². The maximum absolute atomic E-state index is 12.1. The van der Waals surface area contributed by atoms with Crippen LogP contribution in [0.1, 0.15) is 30.8 Å². The Labute approximate surface area is 140 Å². The van der Waals surface area contributed by atoms with Gasteiger partial charge in [0.15, 0.2) is 0 Å². The van der Waals surface area contributed by atoms with Crippen LogP contribution in [0, 0.1) is 5.92 Å². The molecule has 0 fully saturated rings. The van der Waals surface area contributed by atoms with Crippen LogP contribution < -0.4 is 10.1 Å². The minimum absolute atomic E-state index is 0.184. The summed E-state index contributed by atoms with van der Waals surface area (Å²) in [5, 5.41) is 15.0. The second-order valence-corrected chi connectivity index (χ2v) is 6.45. The third-order valence-corrected chi connectivity index (χ3v) is 4.44. The van der Waals surface area contributed by atoms with Crippen molar-refractivity contribution >= 4 is 17.2 Å². The van der Waals surface area contributed by atoms with Gasteiger partial charge in [0.05, 0.1) is 18.8 Å². The fourth-order valence-corrected chi connectivity index (χ4v) is 2.91. The second kappa shape index (κ2) is 8.08. The summed E-state index contributed by atoms with van der Waals surface area (Å²) in [6, 6.07) is 7.58. The first-order valence-electron chi connectivity index (χ1n) is 7.58. The van der Waals surface area contributed by atoms with Crippen LogP contribution in [0.4, 0.5) is 0 Å². The van der Waals surface area contributed by atoms with E-state index in [4.69, 9.17) is 4.74 Å². The number of hydrogen-bond donors (Lipinski definition) is 2. The van der Waals surface area contributed by atoms with E-state index in [-0.39, 0.29) is 11.8 Å². The predicted octanol–water partition coefficient (Wildman–Crippen LogP) is 2.96. The number of methoxy groups -OCH3 is 1. The van der Waals surface area contributed by atoms with Crippen LogP contribution in [-0.2, 0) is 0 Å². The van der Waals surface area contributed by atoms with Crippen molar-refractivity contribution in [3.8, 4) is 16.3 Å². The van der Waals surface area contributed by atoms with Gasteiger partial charge in [0, 0.05) is 11.9 Å². The molecule has 0 aliphatic carbocycles. The fraction of sp³-hybridized carbons (Fsp3) is 0.412. The summed E-state index contributed by atoms with van der Waals surface area (Å²) >= 11 is 1.40. The Hall–Kier alpha value is -1.92. The molecular formula is C17H22N2O3S. The molecule has 0 saturated heterocycles. The first-order chi connectivity index (χ1) is 11.0. The van der Waals surface area contributed by atoms with Gasteiger partial charge in [-0.15, -0.1) is 11.3 Å². The van der Waals surface area contributed by atoms with E-state index in [0.29, 0.717) is 18.7 Å². The van der Waals surface area contributed by atoms with Gasteiger partial charge in [-0.2, -0.15) is 0 Å². The molecular weight excluding hydrogens is 312 g/mol. The number of rotatable bonds is 7. The van der Waals surface area contributed by atoms with Crippen LogP contribution in [0.25, 0.3) is 10.6 Å². The number of aliphatic hydroxyl groups excluding tert-OH is 1. The quantitative estimate of drug-likeness (QED) is 0.816. The Bertz CT molecular complexity index is 655. The number of ether oxygens (including phenoxy) is 1. The average molecular weight is 334 g/mol. The predicted molar refractivity (Wildman–Crippen MR) is 91.9 cm³/mol. The number of benzene rings is 1. The largest absolute Gasteiger partial charge is 0.496 e. The summed E-state index contributed by atoms with van der Waals surface area (Å²) in [4.78, 5) is 16.5.